The second-order valence-corrected chi connectivity index (χ2v) is 5.52. The Morgan fingerprint density at radius 2 is 1.90 bits per heavy atom. The fourth-order valence-electron chi connectivity index (χ4n) is 1.92. The van der Waals surface area contributed by atoms with Gasteiger partial charge in [0.1, 0.15) is 0 Å². The molecule has 0 unspecified atom stereocenters. The molecule has 0 saturated heterocycles. The van der Waals surface area contributed by atoms with Crippen LogP contribution in [0.15, 0.2) is 59.6 Å². The van der Waals surface area contributed by atoms with Crippen LogP contribution in [0.1, 0.15) is 0 Å². The van der Waals surface area contributed by atoms with Gasteiger partial charge in [0.25, 0.3) is 0 Å². The van der Waals surface area contributed by atoms with Gasteiger partial charge < -0.3 is 0 Å². The molecular formula is C15H12ClN3S. The Kier molecular flexibility index (Phi) is 3.67. The van der Waals surface area contributed by atoms with Crippen LogP contribution in [-0.2, 0) is 0 Å². The molecule has 0 N–H and O–H groups in total. The predicted molar refractivity (Wildman–Crippen MR) is 83.4 cm³/mol. The first-order valence-corrected chi connectivity index (χ1v) is 7.27. The molecule has 100 valence electrons. The van der Waals surface area contributed by atoms with E-state index in [1.54, 1.807) is 7.05 Å². The lowest BCUT2D eigenvalue weighted by Crippen LogP contribution is -1.96. The summed E-state index contributed by atoms with van der Waals surface area (Å²) in [7, 11) is 1.75. The molecule has 0 atom stereocenters. The van der Waals surface area contributed by atoms with Gasteiger partial charge in [-0.2, -0.15) is 4.98 Å². The minimum Gasteiger partial charge on any atom is -0.260 e. The highest BCUT2D eigenvalue weighted by molar-refractivity contribution is 7.04. The minimum atomic E-state index is 0.706. The molecule has 3 rings (SSSR count). The van der Waals surface area contributed by atoms with Crippen molar-refractivity contribution in [3.63, 3.8) is 0 Å². The maximum absolute atomic E-state index is 6.08. The van der Waals surface area contributed by atoms with E-state index in [2.05, 4.69) is 9.98 Å². The summed E-state index contributed by atoms with van der Waals surface area (Å²) in [5.74, 6) is 0.874. The van der Waals surface area contributed by atoms with E-state index in [9.17, 15) is 0 Å². The van der Waals surface area contributed by atoms with Crippen LogP contribution in [0.3, 0.4) is 0 Å². The highest BCUT2D eigenvalue weighted by Crippen LogP contribution is 2.23. The number of benzene rings is 2. The SMILES string of the molecule is CN=c1nc(-c2ccccc2)n(-c2cccc(Cl)c2)s1. The van der Waals surface area contributed by atoms with E-state index in [-0.39, 0.29) is 0 Å². The van der Waals surface area contributed by atoms with E-state index in [4.69, 9.17) is 11.6 Å². The van der Waals surface area contributed by atoms with Gasteiger partial charge in [-0.15, -0.1) is 0 Å². The molecule has 0 radical (unpaired) electrons. The highest BCUT2D eigenvalue weighted by Gasteiger charge is 2.10. The highest BCUT2D eigenvalue weighted by atomic mass is 35.5. The maximum atomic E-state index is 6.08. The standard InChI is InChI=1S/C15H12ClN3S/c1-17-15-18-14(11-6-3-2-4-7-11)19(20-15)13-9-5-8-12(16)10-13/h2-10H,1H3. The zero-order valence-electron chi connectivity index (χ0n) is 10.8. The third kappa shape index (κ3) is 2.53. The van der Waals surface area contributed by atoms with Crippen molar-refractivity contribution in [2.45, 2.75) is 0 Å². The van der Waals surface area contributed by atoms with Crippen LogP contribution < -0.4 is 4.80 Å². The molecule has 5 heteroatoms. The Morgan fingerprint density at radius 1 is 1.10 bits per heavy atom. The lowest BCUT2D eigenvalue weighted by Gasteiger charge is -2.06. The zero-order valence-corrected chi connectivity index (χ0v) is 12.4. The molecule has 2 aromatic carbocycles. The van der Waals surface area contributed by atoms with Crippen molar-refractivity contribution in [3.8, 4) is 17.1 Å². The van der Waals surface area contributed by atoms with E-state index >= 15 is 0 Å². The fraction of sp³-hybridized carbons (Fsp3) is 0.0667. The quantitative estimate of drug-likeness (QED) is 0.708. The van der Waals surface area contributed by atoms with Gasteiger partial charge in [0.15, 0.2) is 5.82 Å². The van der Waals surface area contributed by atoms with Crippen LogP contribution in [0, 0.1) is 0 Å². The molecule has 0 spiro atoms. The van der Waals surface area contributed by atoms with Gasteiger partial charge in [-0.05, 0) is 29.7 Å². The molecule has 0 aliphatic rings. The summed E-state index contributed by atoms with van der Waals surface area (Å²) in [6.07, 6.45) is 0. The second kappa shape index (κ2) is 5.61. The summed E-state index contributed by atoms with van der Waals surface area (Å²) in [4.78, 5) is 9.50. The average molecular weight is 302 g/mol. The van der Waals surface area contributed by atoms with Crippen molar-refractivity contribution in [3.05, 3.63) is 64.4 Å². The summed E-state index contributed by atoms with van der Waals surface area (Å²) < 4.78 is 2.05. The minimum absolute atomic E-state index is 0.706. The van der Waals surface area contributed by atoms with E-state index < -0.39 is 0 Å². The van der Waals surface area contributed by atoms with E-state index in [0.29, 0.717) is 5.02 Å². The van der Waals surface area contributed by atoms with Gasteiger partial charge in [-0.3, -0.25) is 4.99 Å². The maximum Gasteiger partial charge on any atom is 0.222 e. The van der Waals surface area contributed by atoms with Crippen LogP contribution in [0.25, 0.3) is 17.1 Å². The second-order valence-electron chi connectivity index (χ2n) is 4.17. The van der Waals surface area contributed by atoms with E-state index in [0.717, 1.165) is 21.9 Å². The summed E-state index contributed by atoms with van der Waals surface area (Å²) in [5, 5.41) is 0.706. The molecule has 1 aromatic heterocycles. The van der Waals surface area contributed by atoms with Gasteiger partial charge in [-0.1, -0.05) is 48.0 Å². The Labute approximate surface area is 126 Å². The number of hydrogen-bond donors (Lipinski definition) is 0. The molecule has 0 saturated carbocycles. The summed E-state index contributed by atoms with van der Waals surface area (Å²) in [6, 6.07) is 17.8. The fourth-order valence-corrected chi connectivity index (χ4v) is 2.93. The van der Waals surface area contributed by atoms with E-state index in [1.165, 1.54) is 11.5 Å². The molecule has 0 aliphatic heterocycles. The molecule has 0 bridgehead atoms. The molecule has 3 aromatic rings. The van der Waals surface area contributed by atoms with Gasteiger partial charge in [-0.25, -0.2) is 3.96 Å². The van der Waals surface area contributed by atoms with Crippen molar-refractivity contribution >= 4 is 23.1 Å². The summed E-state index contributed by atoms with van der Waals surface area (Å²) in [5.41, 5.74) is 2.04. The Bertz CT molecular complexity index is 790. The molecule has 0 amide bonds. The van der Waals surface area contributed by atoms with Gasteiger partial charge in [0, 0.05) is 17.6 Å². The van der Waals surface area contributed by atoms with Crippen LogP contribution in [-0.4, -0.2) is 16.0 Å². The molecule has 1 heterocycles. The third-order valence-electron chi connectivity index (χ3n) is 2.83. The van der Waals surface area contributed by atoms with E-state index in [1.807, 2.05) is 58.6 Å². The van der Waals surface area contributed by atoms with Crippen molar-refractivity contribution in [2.75, 3.05) is 7.05 Å². The molecule has 20 heavy (non-hydrogen) atoms. The smallest absolute Gasteiger partial charge is 0.222 e. The topological polar surface area (TPSA) is 30.2 Å². The third-order valence-corrected chi connectivity index (χ3v) is 4.07. The van der Waals surface area contributed by atoms with Crippen LogP contribution in [0.5, 0.6) is 0 Å². The number of aromatic nitrogens is 2. The van der Waals surface area contributed by atoms with Crippen LogP contribution in [0.2, 0.25) is 5.02 Å². The summed E-state index contributed by atoms with van der Waals surface area (Å²) in [6.45, 7) is 0. The first-order chi connectivity index (χ1) is 9.78. The number of halogens is 1. The van der Waals surface area contributed by atoms with Gasteiger partial charge in [0.2, 0.25) is 4.80 Å². The Morgan fingerprint density at radius 3 is 2.60 bits per heavy atom. The number of nitrogens with zero attached hydrogens (tertiary/aromatic N) is 3. The van der Waals surface area contributed by atoms with Crippen molar-refractivity contribution < 1.29 is 0 Å². The van der Waals surface area contributed by atoms with Crippen LogP contribution >= 0.6 is 23.1 Å². The number of hydrogen-bond acceptors (Lipinski definition) is 3. The molecule has 0 aliphatic carbocycles. The molecule has 3 nitrogen and oxygen atoms in total. The van der Waals surface area contributed by atoms with Crippen molar-refractivity contribution in [1.29, 1.82) is 0 Å². The predicted octanol–water partition coefficient (Wildman–Crippen LogP) is 3.78. The van der Waals surface area contributed by atoms with Gasteiger partial charge in [0.05, 0.1) is 5.69 Å². The van der Waals surface area contributed by atoms with Gasteiger partial charge >= 0.3 is 0 Å². The van der Waals surface area contributed by atoms with Crippen molar-refractivity contribution in [2.24, 2.45) is 4.99 Å². The molecular weight excluding hydrogens is 290 g/mol. The molecule has 0 fully saturated rings. The monoisotopic (exact) mass is 301 g/mol. The Hall–Kier alpha value is -1.91. The lowest BCUT2D eigenvalue weighted by atomic mass is 10.2. The summed E-state index contributed by atoms with van der Waals surface area (Å²) >= 11 is 7.58. The first-order valence-electron chi connectivity index (χ1n) is 6.12. The van der Waals surface area contributed by atoms with Crippen molar-refractivity contribution in [1.82, 2.24) is 8.94 Å². The first kappa shape index (κ1) is 13.1. The normalized spacial score (nSPS) is 11.8. The zero-order chi connectivity index (χ0) is 13.9. The van der Waals surface area contributed by atoms with Crippen LogP contribution in [0.4, 0.5) is 0 Å². The number of rotatable bonds is 2. The lowest BCUT2D eigenvalue weighted by molar-refractivity contribution is 1.12. The Balaban J connectivity index is 2.23. The average Bonchev–Trinajstić information content (AvgIpc) is 2.92. The largest absolute Gasteiger partial charge is 0.260 e.